The number of ether oxygens (including phenoxy) is 1. The Kier molecular flexibility index (Phi) is 3.55. The van der Waals surface area contributed by atoms with Gasteiger partial charge in [-0.3, -0.25) is 4.90 Å². The Morgan fingerprint density at radius 1 is 1.09 bits per heavy atom. The Morgan fingerprint density at radius 2 is 1.91 bits per heavy atom. The monoisotopic (exact) mass is 296 g/mol. The molecule has 1 aliphatic heterocycles. The second-order valence-electron chi connectivity index (χ2n) is 6.91. The van der Waals surface area contributed by atoms with Gasteiger partial charge < -0.3 is 10.5 Å². The van der Waals surface area contributed by atoms with Crippen LogP contribution < -0.4 is 10.5 Å². The van der Waals surface area contributed by atoms with Crippen molar-refractivity contribution in [3.63, 3.8) is 0 Å². The minimum atomic E-state index is 0.430. The lowest BCUT2D eigenvalue weighted by molar-refractivity contribution is 0.298. The van der Waals surface area contributed by atoms with Gasteiger partial charge in [-0.2, -0.15) is 0 Å². The maximum Gasteiger partial charge on any atom is 0.119 e. The lowest BCUT2D eigenvalue weighted by atomic mass is 9.98. The first-order chi connectivity index (χ1) is 10.7. The van der Waals surface area contributed by atoms with E-state index in [0.717, 1.165) is 24.1 Å². The number of likely N-dealkylation sites (tertiary alicyclic amines) is 1. The van der Waals surface area contributed by atoms with E-state index in [4.69, 9.17) is 10.5 Å². The number of fused-ring (bicyclic) bond motifs is 2. The summed E-state index contributed by atoms with van der Waals surface area (Å²) in [4.78, 5) is 2.58. The third kappa shape index (κ3) is 2.49. The zero-order chi connectivity index (χ0) is 15.1. The Labute approximate surface area is 132 Å². The van der Waals surface area contributed by atoms with E-state index in [0.29, 0.717) is 6.04 Å². The molecule has 0 amide bonds. The van der Waals surface area contributed by atoms with Crippen molar-refractivity contribution in [3.8, 4) is 5.75 Å². The number of methoxy groups -OCH3 is 1. The van der Waals surface area contributed by atoms with E-state index in [2.05, 4.69) is 35.2 Å². The number of rotatable bonds is 3. The smallest absolute Gasteiger partial charge is 0.119 e. The molecule has 2 aliphatic rings. The first-order valence-corrected chi connectivity index (χ1v) is 8.27. The summed E-state index contributed by atoms with van der Waals surface area (Å²) in [7, 11) is 1.71. The maximum atomic E-state index is 6.24. The molecule has 3 nitrogen and oxygen atoms in total. The average molecular weight is 296 g/mol. The zero-order valence-electron chi connectivity index (χ0n) is 13.2. The molecule has 1 saturated carbocycles. The second-order valence-corrected chi connectivity index (χ2v) is 6.91. The average Bonchev–Trinajstić information content (AvgIpc) is 3.08. The Balaban J connectivity index is 1.50. The summed E-state index contributed by atoms with van der Waals surface area (Å²) in [5.74, 6) is 2.48. The van der Waals surface area contributed by atoms with Crippen molar-refractivity contribution in [2.75, 3.05) is 20.2 Å². The summed E-state index contributed by atoms with van der Waals surface area (Å²) in [6.07, 6.45) is 2.54. The standard InChI is InChI=1S/C19H24N2O/c1-22-17-6-4-14-8-13(2-3-15(14)9-17)10-21-11-16-5-7-19(20)18(16)12-21/h2-4,6,8-9,16,18-19H,5,7,10-12,20H2,1H3. The van der Waals surface area contributed by atoms with Crippen molar-refractivity contribution in [3.05, 3.63) is 42.0 Å². The SMILES string of the molecule is COc1ccc2cc(CN3CC4CCC(N)C4C3)ccc2c1. The van der Waals surface area contributed by atoms with E-state index in [1.165, 1.54) is 42.3 Å². The first kappa shape index (κ1) is 14.0. The molecule has 2 aromatic rings. The summed E-state index contributed by atoms with van der Waals surface area (Å²) in [6, 6.07) is 13.5. The molecule has 3 heteroatoms. The van der Waals surface area contributed by atoms with E-state index < -0.39 is 0 Å². The van der Waals surface area contributed by atoms with E-state index in [-0.39, 0.29) is 0 Å². The summed E-state index contributed by atoms with van der Waals surface area (Å²) in [5.41, 5.74) is 7.63. The molecule has 1 saturated heterocycles. The second kappa shape index (κ2) is 5.56. The van der Waals surface area contributed by atoms with Gasteiger partial charge in [0.25, 0.3) is 0 Å². The van der Waals surface area contributed by atoms with Crippen LogP contribution in [0.3, 0.4) is 0 Å². The predicted octanol–water partition coefficient (Wildman–Crippen LogP) is 3.02. The van der Waals surface area contributed by atoms with Crippen LogP contribution in [-0.4, -0.2) is 31.1 Å². The van der Waals surface area contributed by atoms with Crippen LogP contribution >= 0.6 is 0 Å². The topological polar surface area (TPSA) is 38.5 Å². The fourth-order valence-corrected chi connectivity index (χ4v) is 4.29. The number of nitrogens with zero attached hydrogens (tertiary/aromatic N) is 1. The molecule has 0 spiro atoms. The van der Waals surface area contributed by atoms with Crippen molar-refractivity contribution in [1.29, 1.82) is 0 Å². The van der Waals surface area contributed by atoms with Crippen molar-refractivity contribution in [2.24, 2.45) is 17.6 Å². The number of benzene rings is 2. The summed E-state index contributed by atoms with van der Waals surface area (Å²) in [5, 5.41) is 2.53. The van der Waals surface area contributed by atoms with Crippen LogP contribution in [0.2, 0.25) is 0 Å². The molecule has 0 aromatic heterocycles. The van der Waals surface area contributed by atoms with Gasteiger partial charge in [-0.1, -0.05) is 18.2 Å². The van der Waals surface area contributed by atoms with E-state index in [1.807, 2.05) is 6.07 Å². The first-order valence-electron chi connectivity index (χ1n) is 8.27. The molecule has 1 aliphatic carbocycles. The van der Waals surface area contributed by atoms with E-state index >= 15 is 0 Å². The quantitative estimate of drug-likeness (QED) is 0.946. The molecule has 0 radical (unpaired) electrons. The fourth-order valence-electron chi connectivity index (χ4n) is 4.29. The third-order valence-corrected chi connectivity index (χ3v) is 5.51. The van der Waals surface area contributed by atoms with Gasteiger partial charge in [-0.15, -0.1) is 0 Å². The highest BCUT2D eigenvalue weighted by molar-refractivity contribution is 5.84. The lowest BCUT2D eigenvalue weighted by Crippen LogP contribution is -2.30. The van der Waals surface area contributed by atoms with Crippen molar-refractivity contribution < 1.29 is 4.74 Å². The van der Waals surface area contributed by atoms with Crippen molar-refractivity contribution in [1.82, 2.24) is 4.90 Å². The van der Waals surface area contributed by atoms with Crippen LogP contribution in [0.4, 0.5) is 0 Å². The molecule has 2 N–H and O–H groups in total. The van der Waals surface area contributed by atoms with Crippen LogP contribution in [0, 0.1) is 11.8 Å². The van der Waals surface area contributed by atoms with Gasteiger partial charge in [0.05, 0.1) is 7.11 Å². The molecule has 1 heterocycles. The van der Waals surface area contributed by atoms with E-state index in [1.54, 1.807) is 7.11 Å². The molecular weight excluding hydrogens is 272 g/mol. The molecule has 116 valence electrons. The lowest BCUT2D eigenvalue weighted by Gasteiger charge is -2.18. The Morgan fingerprint density at radius 3 is 2.73 bits per heavy atom. The molecule has 3 unspecified atom stereocenters. The van der Waals surface area contributed by atoms with Gasteiger partial charge in [0.1, 0.15) is 5.75 Å². The Hall–Kier alpha value is -1.58. The minimum absolute atomic E-state index is 0.430. The number of hydrogen-bond donors (Lipinski definition) is 1. The summed E-state index contributed by atoms with van der Waals surface area (Å²) < 4.78 is 5.29. The number of hydrogen-bond acceptors (Lipinski definition) is 3. The van der Waals surface area contributed by atoms with Crippen LogP contribution in [0.1, 0.15) is 18.4 Å². The van der Waals surface area contributed by atoms with Gasteiger partial charge in [-0.25, -0.2) is 0 Å². The fraction of sp³-hybridized carbons (Fsp3) is 0.474. The van der Waals surface area contributed by atoms with Crippen molar-refractivity contribution in [2.45, 2.75) is 25.4 Å². The highest BCUT2D eigenvalue weighted by Gasteiger charge is 2.40. The van der Waals surface area contributed by atoms with Gasteiger partial charge in [0.2, 0.25) is 0 Å². The molecule has 3 atom stereocenters. The van der Waals surface area contributed by atoms with Gasteiger partial charge in [0.15, 0.2) is 0 Å². The van der Waals surface area contributed by atoms with Gasteiger partial charge in [-0.05, 0) is 59.2 Å². The third-order valence-electron chi connectivity index (χ3n) is 5.51. The highest BCUT2D eigenvalue weighted by Crippen LogP contribution is 2.37. The van der Waals surface area contributed by atoms with Crippen LogP contribution in [-0.2, 0) is 6.54 Å². The molecule has 2 fully saturated rings. The zero-order valence-corrected chi connectivity index (χ0v) is 13.2. The highest BCUT2D eigenvalue weighted by atomic mass is 16.5. The molecule has 22 heavy (non-hydrogen) atoms. The van der Waals surface area contributed by atoms with E-state index in [9.17, 15) is 0 Å². The normalized spacial score (nSPS) is 28.2. The van der Waals surface area contributed by atoms with Gasteiger partial charge in [0, 0.05) is 25.7 Å². The summed E-state index contributed by atoms with van der Waals surface area (Å²) in [6.45, 7) is 3.44. The van der Waals surface area contributed by atoms with Crippen LogP contribution in [0.15, 0.2) is 36.4 Å². The van der Waals surface area contributed by atoms with Crippen LogP contribution in [0.5, 0.6) is 5.75 Å². The molecule has 4 rings (SSSR count). The van der Waals surface area contributed by atoms with Crippen molar-refractivity contribution >= 4 is 10.8 Å². The molecule has 2 aromatic carbocycles. The minimum Gasteiger partial charge on any atom is -0.497 e. The van der Waals surface area contributed by atoms with Crippen LogP contribution in [0.25, 0.3) is 10.8 Å². The maximum absolute atomic E-state index is 6.24. The predicted molar refractivity (Wildman–Crippen MR) is 90.0 cm³/mol. The Bertz CT molecular complexity index is 684. The largest absolute Gasteiger partial charge is 0.497 e. The molecular formula is C19H24N2O. The van der Waals surface area contributed by atoms with Gasteiger partial charge >= 0.3 is 0 Å². The molecule has 0 bridgehead atoms. The number of nitrogens with two attached hydrogens (primary N) is 1. The summed E-state index contributed by atoms with van der Waals surface area (Å²) >= 11 is 0.